The molecule has 3 aromatic rings. The Balaban J connectivity index is 1.66. The lowest BCUT2D eigenvalue weighted by Crippen LogP contribution is -2.33. The maximum Gasteiger partial charge on any atom is 0.267 e. The molecule has 0 saturated carbocycles. The van der Waals surface area contributed by atoms with Gasteiger partial charge in [-0.05, 0) is 35.2 Å². The highest BCUT2D eigenvalue weighted by molar-refractivity contribution is 7.13. The molecular weight excluding hydrogens is 338 g/mol. The van der Waals surface area contributed by atoms with Gasteiger partial charge >= 0.3 is 0 Å². The van der Waals surface area contributed by atoms with Gasteiger partial charge in [-0.3, -0.25) is 9.59 Å². The first-order valence-corrected chi connectivity index (χ1v) is 8.55. The number of ether oxygens (including phenoxy) is 1. The van der Waals surface area contributed by atoms with Crippen molar-refractivity contribution in [2.24, 2.45) is 0 Å². The molecule has 25 heavy (non-hydrogen) atoms. The molecule has 0 aliphatic rings. The van der Waals surface area contributed by atoms with Crippen molar-refractivity contribution in [2.45, 2.75) is 13.1 Å². The second-order valence-electron chi connectivity index (χ2n) is 5.32. The number of benzene rings is 1. The molecule has 1 aromatic carbocycles. The van der Waals surface area contributed by atoms with E-state index in [1.54, 1.807) is 13.2 Å². The van der Waals surface area contributed by atoms with Gasteiger partial charge in [-0.15, -0.1) is 11.3 Å². The molecule has 0 unspecified atom stereocenters. The third-order valence-corrected chi connectivity index (χ3v) is 4.45. The van der Waals surface area contributed by atoms with Gasteiger partial charge in [0.2, 0.25) is 5.91 Å². The monoisotopic (exact) mass is 355 g/mol. The zero-order valence-electron chi connectivity index (χ0n) is 13.6. The summed E-state index contributed by atoms with van der Waals surface area (Å²) in [5.41, 5.74) is 1.28. The molecule has 0 spiro atoms. The van der Waals surface area contributed by atoms with Gasteiger partial charge in [0.05, 0.1) is 12.0 Å². The van der Waals surface area contributed by atoms with Gasteiger partial charge in [-0.2, -0.15) is 5.10 Å². The van der Waals surface area contributed by atoms with Crippen molar-refractivity contribution in [3.63, 3.8) is 0 Å². The van der Waals surface area contributed by atoms with Crippen LogP contribution in [0.1, 0.15) is 5.56 Å². The molecule has 0 bridgehead atoms. The average Bonchev–Trinajstić information content (AvgIpc) is 3.17. The number of carbonyl (C=O) groups excluding carboxylic acids is 1. The molecular formula is C18H17N3O3S. The lowest BCUT2D eigenvalue weighted by atomic mass is 10.2. The molecule has 2 aromatic heterocycles. The van der Waals surface area contributed by atoms with Crippen molar-refractivity contribution in [1.29, 1.82) is 0 Å². The average molecular weight is 355 g/mol. The van der Waals surface area contributed by atoms with Crippen molar-refractivity contribution in [2.75, 3.05) is 7.11 Å². The predicted octanol–water partition coefficient (Wildman–Crippen LogP) is 2.30. The van der Waals surface area contributed by atoms with E-state index in [9.17, 15) is 9.59 Å². The summed E-state index contributed by atoms with van der Waals surface area (Å²) in [5.74, 6) is 0.453. The summed E-state index contributed by atoms with van der Waals surface area (Å²) in [6.07, 6.45) is 0. The number of nitrogens with zero attached hydrogens (tertiary/aromatic N) is 2. The van der Waals surface area contributed by atoms with Gasteiger partial charge in [0.15, 0.2) is 0 Å². The second kappa shape index (κ2) is 7.76. The van der Waals surface area contributed by atoms with E-state index in [0.717, 1.165) is 16.2 Å². The van der Waals surface area contributed by atoms with E-state index >= 15 is 0 Å². The third kappa shape index (κ3) is 4.33. The molecule has 0 saturated heterocycles. The molecule has 128 valence electrons. The van der Waals surface area contributed by atoms with Gasteiger partial charge in [0, 0.05) is 12.6 Å². The van der Waals surface area contributed by atoms with Crippen molar-refractivity contribution >= 4 is 17.2 Å². The fourth-order valence-electron chi connectivity index (χ4n) is 2.29. The van der Waals surface area contributed by atoms with Crippen molar-refractivity contribution in [3.8, 4) is 16.3 Å². The van der Waals surface area contributed by atoms with E-state index in [1.807, 2.05) is 41.8 Å². The first-order chi connectivity index (χ1) is 12.2. The Morgan fingerprint density at radius 1 is 1.24 bits per heavy atom. The van der Waals surface area contributed by atoms with E-state index in [0.29, 0.717) is 12.2 Å². The lowest BCUT2D eigenvalue weighted by molar-refractivity contribution is -0.122. The van der Waals surface area contributed by atoms with E-state index in [1.165, 1.54) is 22.1 Å². The Morgan fingerprint density at radius 3 is 2.88 bits per heavy atom. The van der Waals surface area contributed by atoms with Crippen molar-refractivity contribution < 1.29 is 9.53 Å². The molecule has 0 radical (unpaired) electrons. The smallest absolute Gasteiger partial charge is 0.267 e. The van der Waals surface area contributed by atoms with E-state index in [4.69, 9.17) is 4.74 Å². The fourth-order valence-corrected chi connectivity index (χ4v) is 2.98. The molecule has 0 aliphatic heterocycles. The Labute approximate surface area is 148 Å². The summed E-state index contributed by atoms with van der Waals surface area (Å²) in [6.45, 7) is 0.234. The van der Waals surface area contributed by atoms with Crippen LogP contribution in [-0.4, -0.2) is 22.8 Å². The van der Waals surface area contributed by atoms with Crippen LogP contribution in [0.15, 0.2) is 58.7 Å². The molecule has 1 amide bonds. The normalized spacial score (nSPS) is 10.4. The van der Waals surface area contributed by atoms with Crippen LogP contribution in [0.4, 0.5) is 0 Å². The number of methoxy groups -OCH3 is 1. The lowest BCUT2D eigenvalue weighted by Gasteiger charge is -2.08. The fraction of sp³-hybridized carbons (Fsp3) is 0.167. The van der Waals surface area contributed by atoms with E-state index in [-0.39, 0.29) is 18.0 Å². The second-order valence-corrected chi connectivity index (χ2v) is 6.27. The van der Waals surface area contributed by atoms with Crippen LogP contribution in [0, 0.1) is 0 Å². The number of aromatic nitrogens is 2. The summed E-state index contributed by atoms with van der Waals surface area (Å²) in [4.78, 5) is 25.0. The number of thiophene rings is 1. The molecule has 0 aliphatic carbocycles. The largest absolute Gasteiger partial charge is 0.497 e. The summed E-state index contributed by atoms with van der Waals surface area (Å²) in [7, 11) is 1.59. The minimum atomic E-state index is -0.308. The van der Waals surface area contributed by atoms with Crippen molar-refractivity contribution in [3.05, 3.63) is 69.8 Å². The van der Waals surface area contributed by atoms with Crippen LogP contribution in [0.5, 0.6) is 5.75 Å². The summed E-state index contributed by atoms with van der Waals surface area (Å²) >= 11 is 1.53. The Bertz CT molecular complexity index is 919. The zero-order chi connectivity index (χ0) is 17.6. The highest BCUT2D eigenvalue weighted by atomic mass is 32.1. The first kappa shape index (κ1) is 16.9. The Hall–Kier alpha value is -2.93. The molecule has 7 heteroatoms. The number of hydrogen-bond donors (Lipinski definition) is 1. The predicted molar refractivity (Wildman–Crippen MR) is 96.7 cm³/mol. The van der Waals surface area contributed by atoms with Gasteiger partial charge in [-0.25, -0.2) is 4.68 Å². The summed E-state index contributed by atoms with van der Waals surface area (Å²) in [6, 6.07) is 14.4. The van der Waals surface area contributed by atoms with Gasteiger partial charge in [-0.1, -0.05) is 18.2 Å². The van der Waals surface area contributed by atoms with Crippen LogP contribution < -0.4 is 15.6 Å². The molecule has 0 atom stereocenters. The first-order valence-electron chi connectivity index (χ1n) is 7.67. The van der Waals surface area contributed by atoms with Crippen LogP contribution in [0.3, 0.4) is 0 Å². The molecule has 3 rings (SSSR count). The number of amides is 1. The van der Waals surface area contributed by atoms with E-state index < -0.39 is 0 Å². The van der Waals surface area contributed by atoms with Gasteiger partial charge < -0.3 is 10.1 Å². The SMILES string of the molecule is COc1cccc(CNC(=O)Cn2nc(-c3cccs3)ccc2=O)c1. The number of nitrogens with one attached hydrogen (secondary N) is 1. The standard InChI is InChI=1S/C18H17N3O3S/c1-24-14-5-2-4-13(10-14)11-19-17(22)12-21-18(23)8-7-15(20-21)16-6-3-9-25-16/h2-10H,11-12H2,1H3,(H,19,22). The van der Waals surface area contributed by atoms with Gasteiger partial charge in [0.25, 0.3) is 5.56 Å². The highest BCUT2D eigenvalue weighted by Gasteiger charge is 2.08. The maximum atomic E-state index is 12.2. The molecule has 2 heterocycles. The van der Waals surface area contributed by atoms with Crippen LogP contribution >= 0.6 is 11.3 Å². The zero-order valence-corrected chi connectivity index (χ0v) is 14.5. The molecule has 6 nitrogen and oxygen atoms in total. The summed E-state index contributed by atoms with van der Waals surface area (Å²) < 4.78 is 6.33. The van der Waals surface area contributed by atoms with Gasteiger partial charge in [0.1, 0.15) is 18.0 Å². The summed E-state index contributed by atoms with van der Waals surface area (Å²) in [5, 5.41) is 9.00. The minimum absolute atomic E-state index is 0.123. The minimum Gasteiger partial charge on any atom is -0.497 e. The van der Waals surface area contributed by atoms with E-state index in [2.05, 4.69) is 10.4 Å². The van der Waals surface area contributed by atoms with Crippen LogP contribution in [0.25, 0.3) is 10.6 Å². The maximum absolute atomic E-state index is 12.2. The number of carbonyl (C=O) groups is 1. The highest BCUT2D eigenvalue weighted by Crippen LogP contribution is 2.21. The number of hydrogen-bond acceptors (Lipinski definition) is 5. The van der Waals surface area contributed by atoms with Crippen molar-refractivity contribution in [1.82, 2.24) is 15.1 Å². The van der Waals surface area contributed by atoms with Crippen LogP contribution in [-0.2, 0) is 17.9 Å². The third-order valence-electron chi connectivity index (χ3n) is 3.56. The number of rotatable bonds is 6. The molecule has 1 N–H and O–H groups in total. The Morgan fingerprint density at radius 2 is 2.12 bits per heavy atom. The van der Waals surface area contributed by atoms with Crippen LogP contribution in [0.2, 0.25) is 0 Å². The molecule has 0 fully saturated rings. The topological polar surface area (TPSA) is 73.2 Å². The quantitative estimate of drug-likeness (QED) is 0.736. The Kier molecular flexibility index (Phi) is 5.25.